The Hall–Kier alpha value is -1.26. The van der Waals surface area contributed by atoms with E-state index in [1.807, 2.05) is 0 Å². The van der Waals surface area contributed by atoms with E-state index in [1.54, 1.807) is 6.92 Å². The normalized spacial score (nSPS) is 9.94. The van der Waals surface area contributed by atoms with E-state index in [0.29, 0.717) is 22.4 Å². The highest BCUT2D eigenvalue weighted by molar-refractivity contribution is 6.42. The Morgan fingerprint density at radius 2 is 1.78 bits per heavy atom. The van der Waals surface area contributed by atoms with E-state index in [-0.39, 0.29) is 12.8 Å². The van der Waals surface area contributed by atoms with Gasteiger partial charge < -0.3 is 9.47 Å². The van der Waals surface area contributed by atoms with Crippen molar-refractivity contribution in [1.82, 2.24) is 0 Å². The van der Waals surface area contributed by atoms with E-state index < -0.39 is 11.9 Å². The number of ether oxygens (including phenoxy) is 2. The molecule has 0 amide bonds. The van der Waals surface area contributed by atoms with Gasteiger partial charge in [0, 0.05) is 6.07 Å². The van der Waals surface area contributed by atoms with Crippen molar-refractivity contribution < 1.29 is 19.1 Å². The van der Waals surface area contributed by atoms with Crippen molar-refractivity contribution >= 4 is 35.1 Å². The van der Waals surface area contributed by atoms with Gasteiger partial charge in [-0.05, 0) is 19.1 Å². The topological polar surface area (TPSA) is 52.6 Å². The zero-order valence-corrected chi connectivity index (χ0v) is 11.3. The van der Waals surface area contributed by atoms with E-state index in [2.05, 4.69) is 0 Å². The summed E-state index contributed by atoms with van der Waals surface area (Å²) in [5, 5.41) is 0.676. The van der Waals surface area contributed by atoms with Crippen LogP contribution in [-0.4, -0.2) is 18.5 Å². The Balaban J connectivity index is 2.44. The Kier molecular flexibility index (Phi) is 5.95. The summed E-state index contributed by atoms with van der Waals surface area (Å²) in [6, 6.07) is 4.49. The molecule has 0 saturated carbocycles. The molecule has 98 valence electrons. The average molecular weight is 291 g/mol. The van der Waals surface area contributed by atoms with Gasteiger partial charge in [0.05, 0.1) is 29.5 Å². The lowest BCUT2D eigenvalue weighted by Gasteiger charge is -2.05. The molecule has 0 aliphatic rings. The zero-order chi connectivity index (χ0) is 13.5. The lowest BCUT2D eigenvalue weighted by Crippen LogP contribution is -2.12. The number of rotatable bonds is 5. The number of hydrogen-bond donors (Lipinski definition) is 0. The number of carbonyl (C=O) groups excluding carboxylic acids is 2. The molecule has 4 nitrogen and oxygen atoms in total. The molecule has 0 unspecified atom stereocenters. The Bertz CT molecular complexity index is 446. The van der Waals surface area contributed by atoms with Crippen LogP contribution < -0.4 is 4.74 Å². The summed E-state index contributed by atoms with van der Waals surface area (Å²) >= 11 is 11.5. The number of benzene rings is 1. The lowest BCUT2D eigenvalue weighted by molar-refractivity contribution is -0.146. The maximum atomic E-state index is 11.4. The molecule has 0 bridgehead atoms. The lowest BCUT2D eigenvalue weighted by atomic mass is 10.3. The van der Waals surface area contributed by atoms with Crippen molar-refractivity contribution in [2.24, 2.45) is 0 Å². The van der Waals surface area contributed by atoms with E-state index >= 15 is 0 Å². The first-order valence-corrected chi connectivity index (χ1v) is 6.10. The molecule has 0 atom stereocenters. The maximum Gasteiger partial charge on any atom is 0.311 e. The van der Waals surface area contributed by atoms with Crippen LogP contribution >= 0.6 is 23.2 Å². The first-order chi connectivity index (χ1) is 8.52. The summed E-state index contributed by atoms with van der Waals surface area (Å²) in [6.07, 6.45) is -0.0485. The van der Waals surface area contributed by atoms with Crippen LogP contribution in [0.3, 0.4) is 0 Å². The number of halogens is 2. The largest absolute Gasteiger partial charge is 0.466 e. The van der Waals surface area contributed by atoms with E-state index in [4.69, 9.17) is 32.7 Å². The molecule has 1 aromatic rings. The van der Waals surface area contributed by atoms with Crippen molar-refractivity contribution in [3.63, 3.8) is 0 Å². The van der Waals surface area contributed by atoms with Crippen LogP contribution in [0, 0.1) is 0 Å². The molecule has 0 saturated heterocycles. The minimum absolute atomic E-state index is 0.00596. The fraction of sp³-hybridized carbons (Fsp3) is 0.333. The maximum absolute atomic E-state index is 11.4. The van der Waals surface area contributed by atoms with Gasteiger partial charge in [-0.3, -0.25) is 9.59 Å². The van der Waals surface area contributed by atoms with Crippen LogP contribution in [0.25, 0.3) is 0 Å². The standard InChI is InChI=1S/C12H12Cl2O4/c1-2-17-11(15)5-6-12(16)18-8-3-4-9(13)10(14)7-8/h3-4,7H,2,5-6H2,1H3. The molecule has 0 aromatic heterocycles. The van der Waals surface area contributed by atoms with E-state index in [1.165, 1.54) is 18.2 Å². The minimum Gasteiger partial charge on any atom is -0.466 e. The molecule has 0 fully saturated rings. The summed E-state index contributed by atoms with van der Waals surface area (Å²) in [6.45, 7) is 1.99. The van der Waals surface area contributed by atoms with Crippen LogP contribution in [0.2, 0.25) is 10.0 Å². The number of hydrogen-bond acceptors (Lipinski definition) is 4. The predicted octanol–water partition coefficient (Wildman–Crippen LogP) is 3.24. The molecule has 0 N–H and O–H groups in total. The number of carbonyl (C=O) groups is 2. The summed E-state index contributed by atoms with van der Waals surface area (Å²) in [5.41, 5.74) is 0. The van der Waals surface area contributed by atoms with Gasteiger partial charge in [0.25, 0.3) is 0 Å². The smallest absolute Gasteiger partial charge is 0.311 e. The highest BCUT2D eigenvalue weighted by atomic mass is 35.5. The Labute approximate surface area is 115 Å². The third-order valence-corrected chi connectivity index (χ3v) is 2.70. The van der Waals surface area contributed by atoms with Crippen LogP contribution in [0.5, 0.6) is 5.75 Å². The van der Waals surface area contributed by atoms with Gasteiger partial charge in [-0.2, -0.15) is 0 Å². The van der Waals surface area contributed by atoms with Crippen molar-refractivity contribution in [2.75, 3.05) is 6.61 Å². The molecule has 0 aliphatic carbocycles. The molecule has 0 heterocycles. The monoisotopic (exact) mass is 290 g/mol. The minimum atomic E-state index is -0.526. The quantitative estimate of drug-likeness (QED) is 0.617. The first-order valence-electron chi connectivity index (χ1n) is 5.34. The van der Waals surface area contributed by atoms with Crippen LogP contribution in [0.4, 0.5) is 0 Å². The zero-order valence-electron chi connectivity index (χ0n) is 9.74. The molecular formula is C12H12Cl2O4. The fourth-order valence-corrected chi connectivity index (χ4v) is 1.45. The molecule has 1 aromatic carbocycles. The average Bonchev–Trinajstić information content (AvgIpc) is 2.32. The molecular weight excluding hydrogens is 279 g/mol. The second kappa shape index (κ2) is 7.24. The fourth-order valence-electron chi connectivity index (χ4n) is 1.16. The Morgan fingerprint density at radius 1 is 1.11 bits per heavy atom. The highest BCUT2D eigenvalue weighted by Crippen LogP contribution is 2.26. The summed E-state index contributed by atoms with van der Waals surface area (Å²) in [4.78, 5) is 22.4. The molecule has 0 aliphatic heterocycles. The van der Waals surface area contributed by atoms with Crippen LogP contribution in [0.1, 0.15) is 19.8 Å². The van der Waals surface area contributed by atoms with Gasteiger partial charge in [0.1, 0.15) is 5.75 Å². The third-order valence-electron chi connectivity index (χ3n) is 1.96. The van der Waals surface area contributed by atoms with Gasteiger partial charge in [-0.25, -0.2) is 0 Å². The molecule has 0 radical (unpaired) electrons. The van der Waals surface area contributed by atoms with Crippen LogP contribution in [-0.2, 0) is 14.3 Å². The molecule has 6 heteroatoms. The van der Waals surface area contributed by atoms with Gasteiger partial charge in [0.2, 0.25) is 0 Å². The van der Waals surface area contributed by atoms with Crippen molar-refractivity contribution in [3.05, 3.63) is 28.2 Å². The SMILES string of the molecule is CCOC(=O)CCC(=O)Oc1ccc(Cl)c(Cl)c1. The van der Waals surface area contributed by atoms with Crippen molar-refractivity contribution in [2.45, 2.75) is 19.8 Å². The highest BCUT2D eigenvalue weighted by Gasteiger charge is 2.10. The molecule has 0 spiro atoms. The number of esters is 2. The van der Waals surface area contributed by atoms with Gasteiger partial charge in [0.15, 0.2) is 0 Å². The van der Waals surface area contributed by atoms with E-state index in [0.717, 1.165) is 0 Å². The summed E-state index contributed by atoms with van der Waals surface area (Å²) in [5.74, 6) is -0.664. The first kappa shape index (κ1) is 14.8. The Morgan fingerprint density at radius 3 is 2.39 bits per heavy atom. The molecule has 1 rings (SSSR count). The third kappa shape index (κ3) is 4.94. The predicted molar refractivity (Wildman–Crippen MR) is 68.0 cm³/mol. The van der Waals surface area contributed by atoms with Crippen molar-refractivity contribution in [1.29, 1.82) is 0 Å². The van der Waals surface area contributed by atoms with Gasteiger partial charge in [-0.15, -0.1) is 0 Å². The van der Waals surface area contributed by atoms with E-state index in [9.17, 15) is 9.59 Å². The molecule has 18 heavy (non-hydrogen) atoms. The van der Waals surface area contributed by atoms with Gasteiger partial charge in [-0.1, -0.05) is 23.2 Å². The van der Waals surface area contributed by atoms with Crippen molar-refractivity contribution in [3.8, 4) is 5.75 Å². The second-order valence-corrected chi connectivity index (χ2v) is 4.17. The van der Waals surface area contributed by atoms with Crippen LogP contribution in [0.15, 0.2) is 18.2 Å². The summed E-state index contributed by atoms with van der Waals surface area (Å²) in [7, 11) is 0. The van der Waals surface area contributed by atoms with Gasteiger partial charge >= 0.3 is 11.9 Å². The second-order valence-electron chi connectivity index (χ2n) is 3.36. The summed E-state index contributed by atoms with van der Waals surface area (Å²) < 4.78 is 9.68.